The molecule has 7 nitrogen and oxygen atoms in total. The van der Waals surface area contributed by atoms with Crippen LogP contribution in [-0.4, -0.2) is 36.7 Å². The summed E-state index contributed by atoms with van der Waals surface area (Å²) in [6, 6.07) is 3.99. The fraction of sp³-hybridized carbons (Fsp3) is 0.444. The van der Waals surface area contributed by atoms with Gasteiger partial charge in [-0.05, 0) is 32.3 Å². The summed E-state index contributed by atoms with van der Waals surface area (Å²) in [5.74, 6) is -0.0306. The average molecular weight is 446 g/mol. The standard InChI is InChI=1S/C18H18B2FN2O5PS/c1-9-5-10(2)15-11(6-9)8-25-29(27-15)28-18(19,20)13-3-4-14(26-13)23-7-12(21)16(30)22-17(23)24/h5-7,13-14H,3-4,8H2,1-2H3,(H,22,24,30). The van der Waals surface area contributed by atoms with E-state index >= 15 is 0 Å². The van der Waals surface area contributed by atoms with E-state index in [0.717, 1.165) is 27.5 Å². The fourth-order valence-corrected chi connectivity index (χ4v) is 4.88. The van der Waals surface area contributed by atoms with E-state index in [9.17, 15) is 9.18 Å². The van der Waals surface area contributed by atoms with Crippen LogP contribution in [0.1, 0.15) is 35.8 Å². The molecule has 3 atom stereocenters. The Balaban J connectivity index is 1.45. The summed E-state index contributed by atoms with van der Waals surface area (Å²) in [7, 11) is 10.5. The van der Waals surface area contributed by atoms with Gasteiger partial charge >= 0.3 is 14.3 Å². The van der Waals surface area contributed by atoms with Crippen molar-refractivity contribution in [2.24, 2.45) is 0 Å². The smallest absolute Gasteiger partial charge is 0.396 e. The maximum absolute atomic E-state index is 13.8. The monoisotopic (exact) mass is 446 g/mol. The number of aromatic amines is 1. The molecule has 2 aliphatic heterocycles. The lowest BCUT2D eigenvalue weighted by molar-refractivity contribution is -0.0472. The molecular weight excluding hydrogens is 428 g/mol. The highest BCUT2D eigenvalue weighted by atomic mass is 32.1. The van der Waals surface area contributed by atoms with Crippen LogP contribution in [0.2, 0.25) is 0 Å². The van der Waals surface area contributed by atoms with Gasteiger partial charge < -0.3 is 13.8 Å². The molecule has 2 aromatic rings. The number of H-pyrrole nitrogens is 1. The van der Waals surface area contributed by atoms with Gasteiger partial charge in [-0.15, -0.1) is 0 Å². The number of halogens is 1. The number of aromatic nitrogens is 2. The molecule has 2 aliphatic rings. The van der Waals surface area contributed by atoms with E-state index in [4.69, 9.17) is 46.2 Å². The van der Waals surface area contributed by atoms with Crippen LogP contribution in [0, 0.1) is 24.3 Å². The van der Waals surface area contributed by atoms with Crippen molar-refractivity contribution in [2.75, 3.05) is 0 Å². The maximum atomic E-state index is 13.8. The van der Waals surface area contributed by atoms with Gasteiger partial charge in [0.25, 0.3) is 0 Å². The van der Waals surface area contributed by atoms with Crippen molar-refractivity contribution in [3.63, 3.8) is 0 Å². The van der Waals surface area contributed by atoms with Gasteiger partial charge in [0.15, 0.2) is 5.82 Å². The van der Waals surface area contributed by atoms with Crippen molar-refractivity contribution < 1.29 is 22.7 Å². The first-order valence-electron chi connectivity index (χ1n) is 9.28. The van der Waals surface area contributed by atoms with E-state index in [-0.39, 0.29) is 4.64 Å². The molecular formula is C18H18B2FN2O5PS. The third kappa shape index (κ3) is 4.27. The van der Waals surface area contributed by atoms with Crippen molar-refractivity contribution in [1.29, 1.82) is 0 Å². The van der Waals surface area contributed by atoms with Crippen LogP contribution in [0.5, 0.6) is 5.75 Å². The molecule has 1 aromatic heterocycles. The molecule has 12 heteroatoms. The van der Waals surface area contributed by atoms with Gasteiger partial charge in [-0.1, -0.05) is 29.9 Å². The zero-order valence-corrected chi connectivity index (χ0v) is 18.1. The van der Waals surface area contributed by atoms with Crippen molar-refractivity contribution in [1.82, 2.24) is 9.55 Å². The Morgan fingerprint density at radius 1 is 1.37 bits per heavy atom. The van der Waals surface area contributed by atoms with E-state index in [1.165, 1.54) is 0 Å². The Morgan fingerprint density at radius 3 is 2.90 bits per heavy atom. The molecule has 3 heterocycles. The Kier molecular flexibility index (Phi) is 5.94. The Morgan fingerprint density at radius 2 is 2.13 bits per heavy atom. The normalized spacial score (nSPS) is 23.8. The van der Waals surface area contributed by atoms with Crippen LogP contribution >= 0.6 is 20.8 Å². The van der Waals surface area contributed by atoms with Crippen LogP contribution < -0.4 is 10.2 Å². The second kappa shape index (κ2) is 8.20. The maximum Gasteiger partial charge on any atom is 0.396 e. The number of hydrogen-bond donors (Lipinski definition) is 1. The number of benzene rings is 1. The van der Waals surface area contributed by atoms with Gasteiger partial charge in [-0.2, -0.15) is 0 Å². The van der Waals surface area contributed by atoms with Crippen molar-refractivity contribution >= 4 is 36.5 Å². The van der Waals surface area contributed by atoms with Gasteiger partial charge in [0.1, 0.15) is 32.3 Å². The molecule has 0 bridgehead atoms. The average Bonchev–Trinajstić information content (AvgIpc) is 3.16. The number of hydrogen-bond acceptors (Lipinski definition) is 6. The summed E-state index contributed by atoms with van der Waals surface area (Å²) in [4.78, 5) is 14.3. The highest BCUT2D eigenvalue weighted by Crippen LogP contribution is 2.51. The van der Waals surface area contributed by atoms with Gasteiger partial charge in [0.05, 0.1) is 18.9 Å². The predicted octanol–water partition coefficient (Wildman–Crippen LogP) is 3.18. The molecule has 1 fully saturated rings. The Labute approximate surface area is 181 Å². The molecule has 1 N–H and O–H groups in total. The van der Waals surface area contributed by atoms with E-state index in [1.54, 1.807) is 0 Å². The third-order valence-corrected chi connectivity index (χ3v) is 6.39. The quantitative estimate of drug-likeness (QED) is 0.442. The number of fused-ring (bicyclic) bond motifs is 1. The highest BCUT2D eigenvalue weighted by molar-refractivity contribution is 7.71. The highest BCUT2D eigenvalue weighted by Gasteiger charge is 2.41. The van der Waals surface area contributed by atoms with Gasteiger partial charge in [-0.25, -0.2) is 9.18 Å². The second-order valence-corrected chi connectivity index (χ2v) is 8.88. The third-order valence-electron chi connectivity index (χ3n) is 4.95. The largest absolute Gasteiger partial charge is 0.426 e. The SMILES string of the molecule is [B]C([B])(OP1OCc2cc(C)cc(C)c2O1)C1CCC(n2cc(F)c(=S)[nH]c2=O)O1. The topological polar surface area (TPSA) is 74.7 Å². The van der Waals surface area contributed by atoms with Crippen LogP contribution in [0.15, 0.2) is 23.1 Å². The number of rotatable bonds is 4. The van der Waals surface area contributed by atoms with Crippen LogP contribution in [0.25, 0.3) is 0 Å². The minimum Gasteiger partial charge on any atom is -0.426 e. The summed E-state index contributed by atoms with van der Waals surface area (Å²) in [6.07, 6.45) is 0.249. The Hall–Kier alpha value is -1.51. The summed E-state index contributed by atoms with van der Waals surface area (Å²) < 4.78 is 37.6. The van der Waals surface area contributed by atoms with Crippen LogP contribution in [-0.2, 0) is 20.4 Å². The lowest BCUT2D eigenvalue weighted by atomic mass is 9.61. The molecule has 1 aromatic carbocycles. The molecule has 0 aliphatic carbocycles. The summed E-state index contributed by atoms with van der Waals surface area (Å²) in [6.45, 7) is 4.25. The zero-order valence-electron chi connectivity index (χ0n) is 16.4. The summed E-state index contributed by atoms with van der Waals surface area (Å²) in [5.41, 5.74) is 2.41. The first-order chi connectivity index (χ1) is 14.1. The van der Waals surface area contributed by atoms with E-state index in [2.05, 4.69) is 4.98 Å². The first-order valence-corrected chi connectivity index (χ1v) is 10.8. The Bertz CT molecular complexity index is 1100. The van der Waals surface area contributed by atoms with Crippen LogP contribution in [0.3, 0.4) is 0 Å². The molecule has 4 rings (SSSR count). The minimum atomic E-state index is -1.85. The lowest BCUT2D eigenvalue weighted by Gasteiger charge is -2.36. The number of ether oxygens (including phenoxy) is 1. The molecule has 154 valence electrons. The number of nitrogens with one attached hydrogen (secondary N) is 1. The minimum absolute atomic E-state index is 0.263. The van der Waals surface area contributed by atoms with E-state index in [1.807, 2.05) is 26.0 Å². The van der Waals surface area contributed by atoms with Gasteiger partial charge in [-0.3, -0.25) is 14.1 Å². The van der Waals surface area contributed by atoms with E-state index < -0.39 is 37.8 Å². The molecule has 4 radical (unpaired) electrons. The van der Waals surface area contributed by atoms with Gasteiger partial charge in [0, 0.05) is 11.0 Å². The fourth-order valence-electron chi connectivity index (χ4n) is 3.57. The second-order valence-electron chi connectivity index (χ2n) is 7.40. The number of aryl methyl sites for hydroxylation is 2. The van der Waals surface area contributed by atoms with Crippen LogP contribution in [0.4, 0.5) is 4.39 Å². The predicted molar refractivity (Wildman–Crippen MR) is 113 cm³/mol. The molecule has 30 heavy (non-hydrogen) atoms. The molecule has 0 spiro atoms. The summed E-state index contributed by atoms with van der Waals surface area (Å²) >= 11 is 4.72. The van der Waals surface area contributed by atoms with Crippen molar-refractivity contribution in [3.05, 3.63) is 56.0 Å². The zero-order chi connectivity index (χ0) is 21.6. The molecule has 1 saturated heterocycles. The molecule has 0 amide bonds. The van der Waals surface area contributed by atoms with Crippen molar-refractivity contribution in [2.45, 2.75) is 51.0 Å². The van der Waals surface area contributed by atoms with E-state index in [0.29, 0.717) is 25.2 Å². The summed E-state index contributed by atoms with van der Waals surface area (Å²) in [5, 5.41) is -1.74. The van der Waals surface area contributed by atoms with Crippen molar-refractivity contribution in [3.8, 4) is 5.75 Å². The first kappa shape index (κ1) is 21.7. The van der Waals surface area contributed by atoms with Gasteiger partial charge in [0.2, 0.25) is 0 Å². The molecule has 3 unspecified atom stereocenters. The molecule has 0 saturated carbocycles. The number of nitrogens with zero attached hydrogens (tertiary/aromatic N) is 1. The lowest BCUT2D eigenvalue weighted by Crippen LogP contribution is -2.45.